The smallest absolute Gasteiger partial charge is 0.312 e. The van der Waals surface area contributed by atoms with Gasteiger partial charge in [0, 0.05) is 55.0 Å². The van der Waals surface area contributed by atoms with Crippen LogP contribution in [0.4, 0.5) is 32.3 Å². The Morgan fingerprint density at radius 1 is 0.449 bits per heavy atom. The minimum atomic E-state index is -1.36. The lowest BCUT2D eigenvalue weighted by atomic mass is 10.1. The molecule has 0 saturated carbocycles. The van der Waals surface area contributed by atoms with Crippen LogP contribution in [0.25, 0.3) is 0 Å². The Hall–Kier alpha value is -10.8. The molecule has 0 spiro atoms. The van der Waals surface area contributed by atoms with Gasteiger partial charge in [0.25, 0.3) is 23.6 Å². The number of aliphatic imine (C=N–C) groups is 2. The van der Waals surface area contributed by atoms with Gasteiger partial charge in [0.2, 0.25) is 17.7 Å². The molecule has 4 rings (SSSR count). The lowest BCUT2D eigenvalue weighted by Gasteiger charge is -2.23. The number of ether oxygens (including phenoxy) is 4. The number of carbonyl (C=O) groups is 9. The van der Waals surface area contributed by atoms with Crippen molar-refractivity contribution in [2.24, 2.45) is 55.9 Å². The van der Waals surface area contributed by atoms with E-state index in [-0.39, 0.29) is 145 Å². The molecule has 33 nitrogen and oxygen atoms in total. The van der Waals surface area contributed by atoms with E-state index in [0.29, 0.717) is 12.8 Å². The summed E-state index contributed by atoms with van der Waals surface area (Å²) < 4.78 is 21.7. The molecule has 482 valence electrons. The summed E-state index contributed by atoms with van der Waals surface area (Å²) in [6.07, 6.45) is -0.155. The summed E-state index contributed by atoms with van der Waals surface area (Å²) in [5.74, 6) is -5.60. The van der Waals surface area contributed by atoms with Crippen molar-refractivity contribution in [3.05, 3.63) is 95.1 Å². The van der Waals surface area contributed by atoms with E-state index in [0.717, 1.165) is 0 Å². The molecule has 26 N–H and O–H groups in total. The lowest BCUT2D eigenvalue weighted by Crippen LogP contribution is -2.45. The Balaban J connectivity index is 1.60. The number of benzene rings is 4. The first-order valence-corrected chi connectivity index (χ1v) is 27.6. The second-order valence-electron chi connectivity index (χ2n) is 19.6. The fraction of sp³-hybridized carbons (Fsp3) is 0.375. The molecule has 0 aliphatic carbocycles. The number of hydrogen-bond acceptors (Lipinski definition) is 18. The van der Waals surface area contributed by atoms with Crippen LogP contribution in [0.15, 0.2) is 82.8 Å². The van der Waals surface area contributed by atoms with Crippen molar-refractivity contribution in [3.63, 3.8) is 0 Å². The molecular weight excluding hydrogens is 1160 g/mol. The van der Waals surface area contributed by atoms with Crippen LogP contribution in [-0.2, 0) is 14.4 Å². The predicted molar refractivity (Wildman–Crippen MR) is 331 cm³/mol. The van der Waals surface area contributed by atoms with Gasteiger partial charge in [0.05, 0.1) is 50.7 Å². The molecule has 0 bridgehead atoms. The maximum atomic E-state index is 14.3. The van der Waals surface area contributed by atoms with Gasteiger partial charge in [-0.05, 0) is 124 Å². The van der Waals surface area contributed by atoms with Crippen LogP contribution < -0.4 is 113 Å². The molecular formula is C56H79N19O14. The van der Waals surface area contributed by atoms with Gasteiger partial charge in [-0.2, -0.15) is 0 Å². The van der Waals surface area contributed by atoms with Crippen molar-refractivity contribution >= 4 is 88.1 Å². The number of guanidine groups is 2. The third-order valence-electron chi connectivity index (χ3n) is 13.1. The Morgan fingerprint density at radius 2 is 0.764 bits per heavy atom. The zero-order valence-corrected chi connectivity index (χ0v) is 49.6. The van der Waals surface area contributed by atoms with Gasteiger partial charge >= 0.3 is 12.1 Å². The van der Waals surface area contributed by atoms with Gasteiger partial charge in [-0.3, -0.25) is 43.5 Å². The van der Waals surface area contributed by atoms with Gasteiger partial charge in [0.1, 0.15) is 47.4 Å². The standard InChI is InChI=1S/C56H79N19O14/c1-86-41-17-13-29(25-33(41)45(58)76)70-50(81)38(10-6-21-65-53(59)60)73-47(78)35-28-32(16-20-43(35)88-3)72-52(83)40(12-8-24-68-56(64)85)75-48(79)36-27-31(15-19-44(36)89-4)71-51(82)39(11-7-22-66-54(61)62)74-46(77)34-26-30(14-18-42(34)87-2)69-49(80)37(57)9-5-23-67-55(63)84/h13-20,25-28,37-40,49,69,80H,5-12,21-24,57H2,1-4H3,(H2,58,76)(H,70,81)(H,71,82)(H,72,83)(H,73,78)(H,74,77)(H,75,79)(H4,59,60,65)(H4,61,62,66)(H3,63,67,84)(H3,64,68,85). The number of amides is 11. The van der Waals surface area contributed by atoms with Gasteiger partial charge in [-0.25, -0.2) is 9.59 Å². The van der Waals surface area contributed by atoms with Crippen molar-refractivity contribution in [2.75, 3.05) is 75.9 Å². The van der Waals surface area contributed by atoms with Crippen molar-refractivity contribution in [1.82, 2.24) is 26.6 Å². The van der Waals surface area contributed by atoms with Gasteiger partial charge in [0.15, 0.2) is 11.9 Å². The molecule has 0 radical (unpaired) electrons. The fourth-order valence-corrected chi connectivity index (χ4v) is 8.59. The molecule has 33 heteroatoms. The Morgan fingerprint density at radius 3 is 1.10 bits per heavy atom. The summed E-state index contributed by atoms with van der Waals surface area (Å²) in [5, 5.41) is 34.7. The summed E-state index contributed by atoms with van der Waals surface area (Å²) >= 11 is 0. The van der Waals surface area contributed by atoms with E-state index >= 15 is 0 Å². The first-order valence-electron chi connectivity index (χ1n) is 27.6. The lowest BCUT2D eigenvalue weighted by molar-refractivity contribution is -0.118. The molecule has 0 aliphatic heterocycles. The summed E-state index contributed by atoms with van der Waals surface area (Å²) in [6, 6.07) is 10.5. The van der Waals surface area contributed by atoms with Gasteiger partial charge < -0.3 is 118 Å². The summed E-state index contributed by atoms with van der Waals surface area (Å²) in [6.45, 7) is 0.409. The third-order valence-corrected chi connectivity index (χ3v) is 13.1. The highest BCUT2D eigenvalue weighted by molar-refractivity contribution is 6.07. The van der Waals surface area contributed by atoms with Crippen LogP contribution >= 0.6 is 0 Å². The topological polar surface area (TPSA) is 552 Å². The average Bonchev–Trinajstić information content (AvgIpc) is 2.33. The van der Waals surface area contributed by atoms with Crippen LogP contribution in [0.3, 0.4) is 0 Å². The molecule has 4 aromatic carbocycles. The number of primary amides is 3. The SMILES string of the molecule is COc1ccc(NC(=O)C(CCCN=C(N)N)NC(=O)c2cc(NC(=O)C(CCCNC(N)=O)NC(=O)c3cc(NC(=O)C(CCCN=C(N)N)NC(=O)c4cc(NC(O)C(N)CCCNC(N)=O)ccc4OC)ccc3OC)ccc2OC)cc1C(N)=O. The third kappa shape index (κ3) is 23.2. The van der Waals surface area contributed by atoms with Crippen LogP contribution in [0.2, 0.25) is 0 Å². The van der Waals surface area contributed by atoms with Gasteiger partial charge in [-0.1, -0.05) is 0 Å². The number of aliphatic hydroxyl groups is 1. The fourth-order valence-electron chi connectivity index (χ4n) is 8.59. The number of aliphatic hydroxyl groups excluding tert-OH is 1. The van der Waals surface area contributed by atoms with E-state index < -0.39 is 83.8 Å². The maximum absolute atomic E-state index is 14.3. The zero-order chi connectivity index (χ0) is 65.7. The Bertz CT molecular complexity index is 3210. The first-order chi connectivity index (χ1) is 42.4. The number of nitrogens with zero attached hydrogens (tertiary/aromatic N) is 2. The predicted octanol–water partition coefficient (Wildman–Crippen LogP) is -0.907. The first kappa shape index (κ1) is 70.7. The molecule has 0 aliphatic rings. The van der Waals surface area contributed by atoms with E-state index in [9.17, 15) is 48.3 Å². The van der Waals surface area contributed by atoms with Crippen LogP contribution in [0.5, 0.6) is 23.0 Å². The number of urea groups is 2. The summed E-state index contributed by atoms with van der Waals surface area (Å²) in [7, 11) is 5.25. The highest BCUT2D eigenvalue weighted by Gasteiger charge is 2.29. The second kappa shape index (κ2) is 35.6. The van der Waals surface area contributed by atoms with Crippen LogP contribution in [0, 0.1) is 0 Å². The minimum Gasteiger partial charge on any atom is -0.496 e. The number of anilines is 4. The zero-order valence-electron chi connectivity index (χ0n) is 49.6. The average molecular weight is 1240 g/mol. The van der Waals surface area contributed by atoms with E-state index in [2.05, 4.69) is 57.8 Å². The maximum Gasteiger partial charge on any atom is 0.312 e. The van der Waals surface area contributed by atoms with E-state index in [1.807, 2.05) is 0 Å². The number of rotatable bonds is 36. The van der Waals surface area contributed by atoms with Crippen LogP contribution in [-0.4, -0.2) is 155 Å². The Kier molecular flexibility index (Phi) is 28.3. The Labute approximate surface area is 511 Å². The minimum absolute atomic E-state index is 0.00516. The molecule has 89 heavy (non-hydrogen) atoms. The molecule has 5 unspecified atom stereocenters. The normalized spacial score (nSPS) is 12.3. The molecule has 0 fully saturated rings. The summed E-state index contributed by atoms with van der Waals surface area (Å²) in [5.41, 5.74) is 44.3. The number of nitrogens with one attached hydrogen (secondary N) is 9. The monoisotopic (exact) mass is 1240 g/mol. The highest BCUT2D eigenvalue weighted by Crippen LogP contribution is 2.28. The number of methoxy groups -OCH3 is 4. The van der Waals surface area contributed by atoms with Crippen molar-refractivity contribution in [2.45, 2.75) is 81.8 Å². The van der Waals surface area contributed by atoms with E-state index in [1.165, 1.54) is 101 Å². The molecule has 0 heterocycles. The largest absolute Gasteiger partial charge is 0.496 e. The molecule has 0 aromatic heterocycles. The molecule has 5 atom stereocenters. The molecule has 4 aromatic rings. The second-order valence-corrected chi connectivity index (χ2v) is 19.6. The van der Waals surface area contributed by atoms with E-state index in [4.69, 9.17) is 64.8 Å². The highest BCUT2D eigenvalue weighted by atomic mass is 16.5. The summed E-state index contributed by atoms with van der Waals surface area (Å²) in [4.78, 5) is 127. The van der Waals surface area contributed by atoms with Crippen molar-refractivity contribution < 1.29 is 67.2 Å². The molecule has 11 amide bonds. The number of nitrogens with two attached hydrogens (primary N) is 8. The van der Waals surface area contributed by atoms with E-state index in [1.54, 1.807) is 0 Å². The van der Waals surface area contributed by atoms with Crippen molar-refractivity contribution in [3.8, 4) is 23.0 Å². The quantitative estimate of drug-likeness (QED) is 0.0113. The van der Waals surface area contributed by atoms with Crippen molar-refractivity contribution in [1.29, 1.82) is 0 Å². The van der Waals surface area contributed by atoms with Gasteiger partial charge in [-0.15, -0.1) is 0 Å². The molecule has 0 saturated heterocycles. The number of hydrogen-bond donors (Lipinski definition) is 18. The number of carbonyl (C=O) groups excluding carboxylic acids is 9. The van der Waals surface area contributed by atoms with Crippen LogP contribution in [0.1, 0.15) is 92.8 Å².